The van der Waals surface area contributed by atoms with Crippen molar-refractivity contribution in [3.63, 3.8) is 0 Å². The predicted molar refractivity (Wildman–Crippen MR) is 86.7 cm³/mol. The van der Waals surface area contributed by atoms with Gasteiger partial charge in [-0.05, 0) is 63.6 Å². The van der Waals surface area contributed by atoms with Gasteiger partial charge in [0, 0.05) is 0 Å². The Balaban J connectivity index is 2.25. The van der Waals surface area contributed by atoms with Crippen molar-refractivity contribution < 1.29 is 8.60 Å². The van der Waals surface area contributed by atoms with Gasteiger partial charge in [0.25, 0.3) is 0 Å². The monoisotopic (exact) mass is 309 g/mol. The van der Waals surface area contributed by atoms with E-state index < -0.39 is 11.0 Å². The first-order valence-electron chi connectivity index (χ1n) is 7.48. The van der Waals surface area contributed by atoms with E-state index >= 15 is 0 Å². The van der Waals surface area contributed by atoms with E-state index in [-0.39, 0.29) is 16.6 Å². The van der Waals surface area contributed by atoms with Crippen LogP contribution >= 0.6 is 0 Å². The first-order valence-corrected chi connectivity index (χ1v) is 8.63. The molecule has 116 valence electrons. The molecule has 0 amide bonds. The van der Waals surface area contributed by atoms with Gasteiger partial charge in [-0.2, -0.15) is 0 Å². The highest BCUT2D eigenvalue weighted by atomic mass is 32.2. The van der Waals surface area contributed by atoms with E-state index in [4.69, 9.17) is 0 Å². The number of halogens is 1. The normalized spacial score (nSPS) is 22.0. The second-order valence-corrected chi connectivity index (χ2v) is 8.55. The number of nitrogens with one attached hydrogen (secondary N) is 1. The summed E-state index contributed by atoms with van der Waals surface area (Å²) in [5.41, 5.74) is 0.991. The van der Waals surface area contributed by atoms with E-state index in [1.165, 1.54) is 12.1 Å². The van der Waals surface area contributed by atoms with Crippen LogP contribution in [0.2, 0.25) is 0 Å². The smallest absolute Gasteiger partial charge is 0.123 e. The first kappa shape index (κ1) is 16.4. The third-order valence-electron chi connectivity index (χ3n) is 3.74. The topological polar surface area (TPSA) is 29.1 Å². The zero-order valence-electron chi connectivity index (χ0n) is 12.9. The molecule has 1 aromatic carbocycles. The Morgan fingerprint density at radius 2 is 1.95 bits per heavy atom. The molecular formula is C17H24FNOS. The summed E-state index contributed by atoms with van der Waals surface area (Å²) in [6, 6.07) is 6.47. The minimum Gasteiger partial charge on any atom is -0.242 e. The molecule has 0 saturated heterocycles. The molecule has 0 saturated carbocycles. The van der Waals surface area contributed by atoms with Gasteiger partial charge in [-0.25, -0.2) is 13.3 Å². The highest BCUT2D eigenvalue weighted by Crippen LogP contribution is 2.31. The lowest BCUT2D eigenvalue weighted by atomic mass is 9.86. The second kappa shape index (κ2) is 6.84. The van der Waals surface area contributed by atoms with Gasteiger partial charge in [0.1, 0.15) is 5.82 Å². The third kappa shape index (κ3) is 4.48. The minimum atomic E-state index is -1.15. The van der Waals surface area contributed by atoms with Crippen molar-refractivity contribution in [1.82, 2.24) is 4.72 Å². The molecule has 0 spiro atoms. The summed E-state index contributed by atoms with van der Waals surface area (Å²) in [6.45, 7) is 5.86. The maximum atomic E-state index is 13.1. The third-order valence-corrected chi connectivity index (χ3v) is 5.32. The number of rotatable bonds is 4. The van der Waals surface area contributed by atoms with Crippen molar-refractivity contribution in [2.45, 2.75) is 50.8 Å². The summed E-state index contributed by atoms with van der Waals surface area (Å²) < 4.78 is 28.5. The molecule has 0 heterocycles. The van der Waals surface area contributed by atoms with E-state index in [1.807, 2.05) is 20.8 Å². The predicted octanol–water partition coefficient (Wildman–Crippen LogP) is 4.27. The van der Waals surface area contributed by atoms with Gasteiger partial charge >= 0.3 is 0 Å². The largest absolute Gasteiger partial charge is 0.242 e. The standard InChI is InChI=1S/C17H24FNOS/c1-17(2,3)21(20)19-16(13-7-5-4-6-8-13)14-9-11-15(18)12-10-14/h5,7,9-13,16,19H,4,6,8H2,1-3H3/t13-,16+,21?/m1/s1. The Morgan fingerprint density at radius 3 is 2.48 bits per heavy atom. The first-order chi connectivity index (χ1) is 9.88. The van der Waals surface area contributed by atoms with E-state index in [9.17, 15) is 8.60 Å². The fraction of sp³-hybridized carbons (Fsp3) is 0.529. The summed E-state index contributed by atoms with van der Waals surface area (Å²) in [6.07, 6.45) is 7.70. The van der Waals surface area contributed by atoms with E-state index in [2.05, 4.69) is 16.9 Å². The SMILES string of the molecule is CC(C)(C)S(=O)N[C@H](c1ccc(F)cc1)[C@@H]1C=CCCC1. The maximum absolute atomic E-state index is 13.1. The zero-order chi connectivity index (χ0) is 15.5. The van der Waals surface area contributed by atoms with Gasteiger partial charge in [0.2, 0.25) is 0 Å². The molecule has 3 atom stereocenters. The van der Waals surface area contributed by atoms with Crippen LogP contribution in [0, 0.1) is 11.7 Å². The van der Waals surface area contributed by atoms with E-state index in [0.717, 1.165) is 24.8 Å². The molecule has 4 heteroatoms. The Kier molecular flexibility index (Phi) is 5.33. The van der Waals surface area contributed by atoms with Crippen LogP contribution in [0.5, 0.6) is 0 Å². The summed E-state index contributed by atoms with van der Waals surface area (Å²) >= 11 is 0. The Bertz CT molecular complexity index is 519. The van der Waals surface area contributed by atoms with Crippen molar-refractivity contribution in [3.8, 4) is 0 Å². The van der Waals surface area contributed by atoms with Gasteiger partial charge in [-0.3, -0.25) is 0 Å². The average Bonchev–Trinajstić information content (AvgIpc) is 2.45. The van der Waals surface area contributed by atoms with Crippen LogP contribution in [0.4, 0.5) is 4.39 Å². The molecule has 1 aliphatic carbocycles. The van der Waals surface area contributed by atoms with Crippen molar-refractivity contribution in [2.24, 2.45) is 5.92 Å². The highest BCUT2D eigenvalue weighted by Gasteiger charge is 2.28. The van der Waals surface area contributed by atoms with E-state index in [0.29, 0.717) is 5.92 Å². The molecule has 2 nitrogen and oxygen atoms in total. The molecule has 1 unspecified atom stereocenters. The molecular weight excluding hydrogens is 285 g/mol. The van der Waals surface area contributed by atoms with Crippen LogP contribution in [0.1, 0.15) is 51.6 Å². The molecule has 0 radical (unpaired) electrons. The van der Waals surface area contributed by atoms with Gasteiger partial charge in [0.15, 0.2) is 0 Å². The molecule has 2 rings (SSSR count). The Labute approximate surface area is 129 Å². The van der Waals surface area contributed by atoms with Crippen LogP contribution < -0.4 is 4.72 Å². The molecule has 1 N–H and O–H groups in total. The number of hydrogen-bond donors (Lipinski definition) is 1. The van der Waals surface area contributed by atoms with Gasteiger partial charge in [-0.1, -0.05) is 24.3 Å². The van der Waals surface area contributed by atoms with Gasteiger partial charge in [-0.15, -0.1) is 0 Å². The average molecular weight is 309 g/mol. The van der Waals surface area contributed by atoms with Crippen LogP contribution in [-0.2, 0) is 11.0 Å². The number of benzene rings is 1. The quantitative estimate of drug-likeness (QED) is 0.827. The van der Waals surface area contributed by atoms with Crippen molar-refractivity contribution in [2.75, 3.05) is 0 Å². The van der Waals surface area contributed by atoms with Gasteiger partial charge < -0.3 is 0 Å². The maximum Gasteiger partial charge on any atom is 0.123 e. The molecule has 0 fully saturated rings. The Hall–Kier alpha value is -1.00. The molecule has 0 aliphatic heterocycles. The highest BCUT2D eigenvalue weighted by molar-refractivity contribution is 7.84. The summed E-state index contributed by atoms with van der Waals surface area (Å²) in [5.74, 6) is 0.0594. The number of hydrogen-bond acceptors (Lipinski definition) is 1. The zero-order valence-corrected chi connectivity index (χ0v) is 13.8. The lowest BCUT2D eigenvalue weighted by molar-refractivity contribution is 0.429. The fourth-order valence-electron chi connectivity index (χ4n) is 2.48. The lowest BCUT2D eigenvalue weighted by Gasteiger charge is -2.30. The minimum absolute atomic E-state index is 0.0396. The second-order valence-electron chi connectivity index (χ2n) is 6.55. The molecule has 1 aromatic rings. The molecule has 21 heavy (non-hydrogen) atoms. The van der Waals surface area contributed by atoms with Crippen LogP contribution in [0.3, 0.4) is 0 Å². The van der Waals surface area contributed by atoms with Gasteiger partial charge in [0.05, 0.1) is 21.8 Å². The van der Waals surface area contributed by atoms with Crippen LogP contribution in [0.25, 0.3) is 0 Å². The van der Waals surface area contributed by atoms with Crippen molar-refractivity contribution in [1.29, 1.82) is 0 Å². The summed E-state index contributed by atoms with van der Waals surface area (Å²) in [4.78, 5) is 0. The van der Waals surface area contributed by atoms with E-state index in [1.54, 1.807) is 12.1 Å². The number of allylic oxidation sites excluding steroid dienone is 1. The molecule has 0 bridgehead atoms. The Morgan fingerprint density at radius 1 is 1.29 bits per heavy atom. The fourth-order valence-corrected chi connectivity index (χ4v) is 3.38. The van der Waals surface area contributed by atoms with Crippen molar-refractivity contribution >= 4 is 11.0 Å². The van der Waals surface area contributed by atoms with Crippen LogP contribution in [0.15, 0.2) is 36.4 Å². The summed E-state index contributed by atoms with van der Waals surface area (Å²) in [5, 5.41) is 0. The lowest BCUT2D eigenvalue weighted by Crippen LogP contribution is -2.38. The molecule has 0 aromatic heterocycles. The summed E-state index contributed by atoms with van der Waals surface area (Å²) in [7, 11) is -1.15. The molecule has 1 aliphatic rings. The van der Waals surface area contributed by atoms with Crippen molar-refractivity contribution in [3.05, 3.63) is 47.8 Å². The van der Waals surface area contributed by atoms with Crippen LogP contribution in [-0.4, -0.2) is 8.96 Å².